The molecule has 6 rings (SSSR count). The summed E-state index contributed by atoms with van der Waals surface area (Å²) in [4.78, 5) is 65.1. The Hall–Kier alpha value is -4.98. The van der Waals surface area contributed by atoms with Crippen LogP contribution in [-0.4, -0.2) is 96.5 Å². The summed E-state index contributed by atoms with van der Waals surface area (Å²) in [6.45, 7) is 14.1. The molecule has 13 nitrogen and oxygen atoms in total. The van der Waals surface area contributed by atoms with Gasteiger partial charge in [0.15, 0.2) is 0 Å². The Balaban J connectivity index is 1.35. The standard InChI is InChI=1S/C44H57N5O8S/c1-8-28(3)58(54,55)47-42(53)44(26-30(44)9-2)46-40(51)37-23-32(27-49(37)41(52)34(43(4,5)6)24-39(50)48-20-14-11-15-21-48)57-38-25-35(29-16-12-10-13-17-29)45-36-22-31(56-7)18-19-33(36)38/h9-10,12-13,16-19,22,25,28,30,32,34,37H,2,8,11,14-15,20-21,23-24,26-27H2,1,3-7H3,(H,46,51)(H,47,53)/t28?,30-,32-,34-,37+,44-/m1/s1. The molecule has 4 amide bonds. The monoisotopic (exact) mass is 815 g/mol. The fourth-order valence-electron chi connectivity index (χ4n) is 8.00. The summed E-state index contributed by atoms with van der Waals surface area (Å²) in [7, 11) is -2.44. The molecule has 2 aliphatic heterocycles. The number of aromatic nitrogens is 1. The van der Waals surface area contributed by atoms with Gasteiger partial charge in [0, 0.05) is 54.9 Å². The zero-order valence-corrected chi connectivity index (χ0v) is 35.3. The molecular weight excluding hydrogens is 759 g/mol. The molecule has 1 saturated carbocycles. The van der Waals surface area contributed by atoms with Gasteiger partial charge in [-0.3, -0.25) is 23.9 Å². The highest BCUT2D eigenvalue weighted by molar-refractivity contribution is 7.90. The number of likely N-dealkylation sites (tertiary alicyclic amines) is 2. The Morgan fingerprint density at radius 1 is 1.05 bits per heavy atom. The van der Waals surface area contributed by atoms with Crippen LogP contribution in [0.2, 0.25) is 0 Å². The first-order chi connectivity index (χ1) is 27.5. The van der Waals surface area contributed by atoms with Gasteiger partial charge in [-0.25, -0.2) is 13.4 Å². The van der Waals surface area contributed by atoms with E-state index < -0.39 is 62.0 Å². The van der Waals surface area contributed by atoms with Gasteiger partial charge in [0.05, 0.1) is 36.0 Å². The summed E-state index contributed by atoms with van der Waals surface area (Å²) in [6.07, 6.45) is 4.20. The van der Waals surface area contributed by atoms with Gasteiger partial charge in [0.2, 0.25) is 27.7 Å². The number of hydrogen-bond donors (Lipinski definition) is 2. The Morgan fingerprint density at radius 3 is 2.38 bits per heavy atom. The molecule has 2 saturated heterocycles. The number of amides is 4. The first kappa shape index (κ1) is 42.6. The quantitative estimate of drug-likeness (QED) is 0.197. The maximum absolute atomic E-state index is 14.9. The third-order valence-corrected chi connectivity index (χ3v) is 13.9. The Morgan fingerprint density at radius 2 is 1.76 bits per heavy atom. The van der Waals surface area contributed by atoms with Crippen molar-refractivity contribution in [3.8, 4) is 22.8 Å². The van der Waals surface area contributed by atoms with E-state index >= 15 is 0 Å². The molecule has 2 N–H and O–H groups in total. The maximum atomic E-state index is 14.9. The zero-order chi connectivity index (χ0) is 42.0. The van der Waals surface area contributed by atoms with Crippen LogP contribution in [0.3, 0.4) is 0 Å². The fraction of sp³-hybridized carbons (Fsp3) is 0.523. The van der Waals surface area contributed by atoms with E-state index in [2.05, 4.69) is 16.6 Å². The van der Waals surface area contributed by atoms with Gasteiger partial charge >= 0.3 is 0 Å². The number of carbonyl (C=O) groups excluding carboxylic acids is 4. The van der Waals surface area contributed by atoms with Gasteiger partial charge in [0.25, 0.3) is 5.91 Å². The van der Waals surface area contributed by atoms with Gasteiger partial charge in [0.1, 0.15) is 29.2 Å². The zero-order valence-electron chi connectivity index (χ0n) is 34.5. The maximum Gasteiger partial charge on any atom is 0.259 e. The highest BCUT2D eigenvalue weighted by Crippen LogP contribution is 2.45. The molecular formula is C44H57N5O8S. The van der Waals surface area contributed by atoms with Crippen LogP contribution < -0.4 is 19.5 Å². The summed E-state index contributed by atoms with van der Waals surface area (Å²) in [5.41, 5.74) is -0.0619. The number of nitrogens with zero attached hydrogens (tertiary/aromatic N) is 3. The number of fused-ring (bicyclic) bond motifs is 1. The van der Waals surface area contributed by atoms with Crippen LogP contribution in [0.15, 0.2) is 67.3 Å². The van der Waals surface area contributed by atoms with Gasteiger partial charge in [-0.1, -0.05) is 64.1 Å². The Kier molecular flexibility index (Phi) is 12.6. The smallest absolute Gasteiger partial charge is 0.259 e. The minimum Gasteiger partial charge on any atom is -0.497 e. The minimum atomic E-state index is -4.02. The van der Waals surface area contributed by atoms with Crippen molar-refractivity contribution in [1.29, 1.82) is 0 Å². The Bertz CT molecular complexity index is 2150. The van der Waals surface area contributed by atoms with Crippen molar-refractivity contribution in [2.45, 2.75) is 102 Å². The van der Waals surface area contributed by atoms with E-state index in [1.165, 1.54) is 17.9 Å². The molecule has 1 aliphatic carbocycles. The Labute approximate surface area is 342 Å². The average Bonchev–Trinajstić information content (AvgIpc) is 3.77. The largest absolute Gasteiger partial charge is 0.497 e. The third-order valence-electron chi connectivity index (χ3n) is 12.0. The lowest BCUT2D eigenvalue weighted by Gasteiger charge is -2.36. The summed E-state index contributed by atoms with van der Waals surface area (Å²) in [5.74, 6) is -2.11. The summed E-state index contributed by atoms with van der Waals surface area (Å²) in [5, 5.41) is 2.74. The average molecular weight is 816 g/mol. The van der Waals surface area contributed by atoms with Crippen molar-refractivity contribution in [3.05, 3.63) is 67.3 Å². The van der Waals surface area contributed by atoms with Gasteiger partial charge < -0.3 is 24.6 Å². The van der Waals surface area contributed by atoms with E-state index in [0.29, 0.717) is 41.2 Å². The summed E-state index contributed by atoms with van der Waals surface area (Å²) in [6, 6.07) is 15.9. The molecule has 3 fully saturated rings. The summed E-state index contributed by atoms with van der Waals surface area (Å²) >= 11 is 0. The number of methoxy groups -OCH3 is 1. The van der Waals surface area contributed by atoms with Gasteiger partial charge in [-0.15, -0.1) is 6.58 Å². The van der Waals surface area contributed by atoms with Gasteiger partial charge in [-0.2, -0.15) is 0 Å². The normalized spacial score (nSPS) is 23.1. The van der Waals surface area contributed by atoms with E-state index in [4.69, 9.17) is 14.5 Å². The van der Waals surface area contributed by atoms with Crippen LogP contribution in [0.4, 0.5) is 0 Å². The molecule has 1 aromatic heterocycles. The summed E-state index contributed by atoms with van der Waals surface area (Å²) < 4.78 is 40.4. The number of rotatable bonds is 14. The van der Waals surface area contributed by atoms with Crippen molar-refractivity contribution in [1.82, 2.24) is 24.8 Å². The SMILES string of the molecule is C=C[C@@H]1C[C@]1(NC(=O)[C@@H]1C[C@@H](Oc2cc(-c3ccccc3)nc3cc(OC)ccc23)CN1C(=O)[C@@H](CC(=O)N1CCCCC1)C(C)(C)C)C(=O)NS(=O)(=O)C(C)CC. The number of nitrogens with one attached hydrogen (secondary N) is 2. The third kappa shape index (κ3) is 9.01. The molecule has 2 aromatic carbocycles. The first-order valence-electron chi connectivity index (χ1n) is 20.3. The second-order valence-corrected chi connectivity index (χ2v) is 19.1. The highest BCUT2D eigenvalue weighted by Gasteiger charge is 2.61. The van der Waals surface area contributed by atoms with E-state index in [0.717, 1.165) is 24.8 Å². The second kappa shape index (κ2) is 17.1. The molecule has 3 aromatic rings. The number of carbonyl (C=O) groups is 4. The number of sulfonamides is 1. The lowest BCUT2D eigenvalue weighted by Crippen LogP contribution is -2.57. The molecule has 0 bridgehead atoms. The molecule has 1 unspecified atom stereocenters. The number of pyridine rings is 1. The van der Waals surface area contributed by atoms with Crippen LogP contribution in [-0.2, 0) is 29.2 Å². The molecule has 58 heavy (non-hydrogen) atoms. The molecule has 14 heteroatoms. The number of ether oxygens (including phenoxy) is 2. The van der Waals surface area contributed by atoms with E-state index in [1.54, 1.807) is 14.0 Å². The highest BCUT2D eigenvalue weighted by atomic mass is 32.2. The van der Waals surface area contributed by atoms with Crippen molar-refractivity contribution < 1.29 is 37.1 Å². The van der Waals surface area contributed by atoms with Crippen molar-refractivity contribution in [3.63, 3.8) is 0 Å². The number of benzene rings is 2. The molecule has 6 atom stereocenters. The predicted octanol–water partition coefficient (Wildman–Crippen LogP) is 5.63. The first-order valence-corrected chi connectivity index (χ1v) is 21.9. The van der Waals surface area contributed by atoms with E-state index in [9.17, 15) is 27.6 Å². The molecule has 0 spiro atoms. The van der Waals surface area contributed by atoms with Crippen LogP contribution in [0.1, 0.15) is 79.6 Å². The fourth-order valence-corrected chi connectivity index (χ4v) is 9.08. The van der Waals surface area contributed by atoms with Crippen molar-refractivity contribution in [2.75, 3.05) is 26.7 Å². The van der Waals surface area contributed by atoms with Crippen molar-refractivity contribution >= 4 is 44.6 Å². The number of hydrogen-bond acceptors (Lipinski definition) is 9. The van der Waals surface area contributed by atoms with E-state index in [1.807, 2.05) is 80.3 Å². The predicted molar refractivity (Wildman–Crippen MR) is 222 cm³/mol. The van der Waals surface area contributed by atoms with Crippen LogP contribution in [0, 0.1) is 17.3 Å². The lowest BCUT2D eigenvalue weighted by atomic mass is 9.77. The lowest BCUT2D eigenvalue weighted by molar-refractivity contribution is -0.148. The second-order valence-electron chi connectivity index (χ2n) is 17.0. The molecule has 3 aliphatic rings. The van der Waals surface area contributed by atoms with E-state index in [-0.39, 0.29) is 44.0 Å². The number of piperidine rings is 1. The van der Waals surface area contributed by atoms with Crippen LogP contribution in [0.5, 0.6) is 11.5 Å². The molecule has 0 radical (unpaired) electrons. The van der Waals surface area contributed by atoms with Crippen molar-refractivity contribution in [2.24, 2.45) is 17.3 Å². The van der Waals surface area contributed by atoms with Gasteiger partial charge in [-0.05, 0) is 56.6 Å². The molecule has 3 heterocycles. The topological polar surface area (TPSA) is 164 Å². The van der Waals surface area contributed by atoms with Crippen LogP contribution >= 0.6 is 0 Å². The van der Waals surface area contributed by atoms with Crippen LogP contribution in [0.25, 0.3) is 22.2 Å². The minimum absolute atomic E-state index is 0.0195. The molecule has 312 valence electrons.